The van der Waals surface area contributed by atoms with E-state index in [1.165, 1.54) is 6.42 Å². The lowest BCUT2D eigenvalue weighted by molar-refractivity contribution is -0.115. The van der Waals surface area contributed by atoms with Crippen LogP contribution in [-0.2, 0) is 4.79 Å². The molecule has 1 saturated heterocycles. The molecule has 0 aromatic carbocycles. The van der Waals surface area contributed by atoms with Gasteiger partial charge in [0, 0.05) is 30.6 Å². The van der Waals surface area contributed by atoms with Gasteiger partial charge in [-0.1, -0.05) is 25.2 Å². The predicted molar refractivity (Wildman–Crippen MR) is 82.4 cm³/mol. The lowest BCUT2D eigenvalue weighted by Crippen LogP contribution is -2.47. The fraction of sp³-hybridized carbons (Fsp3) is 0.562. The second-order valence-electron chi connectivity index (χ2n) is 6.26. The highest BCUT2D eigenvalue weighted by atomic mass is 16.2. The minimum absolute atomic E-state index is 0.0594. The summed E-state index contributed by atoms with van der Waals surface area (Å²) in [6.45, 7) is 4.44. The van der Waals surface area contributed by atoms with Crippen LogP contribution >= 0.6 is 0 Å². The number of allylic oxidation sites excluding steroid dienone is 3. The van der Waals surface area contributed by atoms with Gasteiger partial charge in [0.2, 0.25) is 0 Å². The van der Waals surface area contributed by atoms with Crippen LogP contribution in [0.2, 0.25) is 0 Å². The number of amides is 1. The fourth-order valence-electron chi connectivity index (χ4n) is 4.04. The third-order valence-corrected chi connectivity index (χ3v) is 5.14. The molecule has 1 N–H and O–H groups in total. The summed E-state index contributed by atoms with van der Waals surface area (Å²) in [4.78, 5) is 15.0. The Labute approximate surface area is 124 Å². The van der Waals surface area contributed by atoms with Gasteiger partial charge in [-0.15, -0.1) is 5.10 Å². The number of likely N-dealkylation sites (tertiary alicyclic amines) is 1. The van der Waals surface area contributed by atoms with Crippen LogP contribution in [0.5, 0.6) is 0 Å². The molecule has 2 aliphatic carbocycles. The molecule has 5 nitrogen and oxygen atoms in total. The summed E-state index contributed by atoms with van der Waals surface area (Å²) < 4.78 is 0. The highest BCUT2D eigenvalue weighted by Gasteiger charge is 2.44. The van der Waals surface area contributed by atoms with E-state index >= 15 is 0 Å². The zero-order valence-electron chi connectivity index (χ0n) is 12.2. The molecule has 2 aliphatic heterocycles. The molecular weight excluding hydrogens is 264 g/mol. The molecule has 3 unspecified atom stereocenters. The Morgan fingerprint density at radius 1 is 1.43 bits per heavy atom. The van der Waals surface area contributed by atoms with E-state index < -0.39 is 0 Å². The second kappa shape index (κ2) is 4.91. The quantitative estimate of drug-likeness (QED) is 0.849. The zero-order chi connectivity index (χ0) is 14.4. The Morgan fingerprint density at radius 3 is 3.10 bits per heavy atom. The molecule has 5 heteroatoms. The molecule has 4 rings (SSSR count). The maximum atomic E-state index is 12.5. The molecule has 0 spiro atoms. The van der Waals surface area contributed by atoms with Crippen molar-refractivity contribution in [2.75, 3.05) is 13.1 Å². The number of hydrogen-bond acceptors (Lipinski definition) is 4. The molecule has 0 aromatic rings. The number of rotatable bonds is 3. The van der Waals surface area contributed by atoms with Crippen molar-refractivity contribution in [2.45, 2.75) is 38.3 Å². The lowest BCUT2D eigenvalue weighted by Gasteiger charge is -2.31. The van der Waals surface area contributed by atoms with Gasteiger partial charge < -0.3 is 10.2 Å². The van der Waals surface area contributed by atoms with Crippen LogP contribution in [0.25, 0.3) is 0 Å². The predicted octanol–water partition coefficient (Wildman–Crippen LogP) is 1.28. The summed E-state index contributed by atoms with van der Waals surface area (Å²) in [5, 5.41) is 11.4. The highest BCUT2D eigenvalue weighted by molar-refractivity contribution is 6.53. The Bertz CT molecular complexity index is 601. The van der Waals surface area contributed by atoms with Crippen molar-refractivity contribution >= 4 is 17.3 Å². The van der Waals surface area contributed by atoms with Crippen molar-refractivity contribution in [3.63, 3.8) is 0 Å². The number of hydrogen-bond donors (Lipinski definition) is 1. The lowest BCUT2D eigenvalue weighted by atomic mass is 9.97. The summed E-state index contributed by atoms with van der Waals surface area (Å²) in [6.07, 6.45) is 9.01. The largest absolute Gasteiger partial charge is 0.348 e. The maximum absolute atomic E-state index is 12.5. The van der Waals surface area contributed by atoms with Crippen LogP contribution in [0.4, 0.5) is 0 Å². The number of nitrogens with one attached hydrogen (secondary N) is 1. The summed E-state index contributed by atoms with van der Waals surface area (Å²) in [5.41, 5.74) is 2.30. The van der Waals surface area contributed by atoms with E-state index in [1.54, 1.807) is 0 Å². The first-order valence-electron chi connectivity index (χ1n) is 7.83. The minimum Gasteiger partial charge on any atom is -0.348 e. The van der Waals surface area contributed by atoms with Crippen LogP contribution < -0.4 is 5.32 Å². The average molecular weight is 284 g/mol. The van der Waals surface area contributed by atoms with E-state index in [1.807, 2.05) is 18.2 Å². The van der Waals surface area contributed by atoms with Gasteiger partial charge in [0.1, 0.15) is 0 Å². The Kier molecular flexibility index (Phi) is 3.03. The molecule has 4 aliphatic rings. The molecule has 2 bridgehead atoms. The van der Waals surface area contributed by atoms with Gasteiger partial charge in [-0.25, -0.2) is 0 Å². The smallest absolute Gasteiger partial charge is 0.272 e. The van der Waals surface area contributed by atoms with Crippen molar-refractivity contribution in [2.24, 2.45) is 16.1 Å². The van der Waals surface area contributed by atoms with Gasteiger partial charge in [-0.3, -0.25) is 4.79 Å². The van der Waals surface area contributed by atoms with Gasteiger partial charge in [-0.2, -0.15) is 5.10 Å². The first kappa shape index (κ1) is 13.0. The summed E-state index contributed by atoms with van der Waals surface area (Å²) in [5.74, 6) is 0.539. The average Bonchev–Trinajstić information content (AvgIpc) is 3.19. The highest BCUT2D eigenvalue weighted by Crippen LogP contribution is 2.37. The van der Waals surface area contributed by atoms with Crippen LogP contribution in [0.1, 0.15) is 26.2 Å². The Hall–Kier alpha value is -1.75. The SMILES string of the molecule is CCN1CC2CC1CC2NC(=O)C1=NN=C2CC=CC=C21. The number of fused-ring (bicyclic) bond motifs is 3. The van der Waals surface area contributed by atoms with Crippen molar-refractivity contribution in [1.29, 1.82) is 0 Å². The minimum atomic E-state index is -0.0594. The summed E-state index contributed by atoms with van der Waals surface area (Å²) in [6, 6.07) is 0.955. The van der Waals surface area contributed by atoms with E-state index in [4.69, 9.17) is 0 Å². The monoisotopic (exact) mass is 284 g/mol. The van der Waals surface area contributed by atoms with E-state index in [0.717, 1.165) is 37.2 Å². The maximum Gasteiger partial charge on any atom is 0.272 e. The van der Waals surface area contributed by atoms with Gasteiger partial charge in [0.05, 0.1) is 5.71 Å². The van der Waals surface area contributed by atoms with Crippen molar-refractivity contribution < 1.29 is 4.79 Å². The van der Waals surface area contributed by atoms with Crippen LogP contribution in [0.15, 0.2) is 34.0 Å². The fourth-order valence-corrected chi connectivity index (χ4v) is 4.04. The molecular formula is C16H20N4O. The summed E-state index contributed by atoms with van der Waals surface area (Å²) >= 11 is 0. The molecule has 21 heavy (non-hydrogen) atoms. The first-order chi connectivity index (χ1) is 10.3. The number of carbonyl (C=O) groups excluding carboxylic acids is 1. The van der Waals surface area contributed by atoms with E-state index in [-0.39, 0.29) is 5.91 Å². The number of carbonyl (C=O) groups is 1. The van der Waals surface area contributed by atoms with Crippen LogP contribution in [-0.4, -0.2) is 47.4 Å². The zero-order valence-corrected chi connectivity index (χ0v) is 12.2. The van der Waals surface area contributed by atoms with Gasteiger partial charge >= 0.3 is 0 Å². The van der Waals surface area contributed by atoms with Gasteiger partial charge in [0.25, 0.3) is 5.91 Å². The molecule has 0 radical (unpaired) electrons. The molecule has 2 fully saturated rings. The standard InChI is InChI=1S/C16H20N4O/c1-2-20-9-10-7-11(20)8-14(10)17-16(21)15-12-5-3-4-6-13(12)18-19-15/h3-5,10-11,14H,2,6-9H2,1H3,(H,17,21). The molecule has 0 aromatic heterocycles. The number of nitrogens with zero attached hydrogens (tertiary/aromatic N) is 3. The van der Waals surface area contributed by atoms with Crippen LogP contribution in [0, 0.1) is 5.92 Å². The topological polar surface area (TPSA) is 57.1 Å². The Morgan fingerprint density at radius 2 is 2.33 bits per heavy atom. The molecule has 110 valence electrons. The van der Waals surface area contributed by atoms with Gasteiger partial charge in [-0.05, 0) is 25.3 Å². The second-order valence-corrected chi connectivity index (χ2v) is 6.26. The van der Waals surface area contributed by atoms with E-state index in [2.05, 4.69) is 27.3 Å². The van der Waals surface area contributed by atoms with Crippen molar-refractivity contribution in [3.8, 4) is 0 Å². The Balaban J connectivity index is 1.42. The number of piperidine rings is 1. The van der Waals surface area contributed by atoms with Crippen LogP contribution in [0.3, 0.4) is 0 Å². The molecule has 1 amide bonds. The van der Waals surface area contributed by atoms with E-state index in [0.29, 0.717) is 23.7 Å². The van der Waals surface area contributed by atoms with Crippen molar-refractivity contribution in [1.82, 2.24) is 10.2 Å². The normalized spacial score (nSPS) is 33.6. The molecule has 3 atom stereocenters. The van der Waals surface area contributed by atoms with Crippen molar-refractivity contribution in [3.05, 3.63) is 23.8 Å². The molecule has 2 heterocycles. The van der Waals surface area contributed by atoms with E-state index in [9.17, 15) is 4.79 Å². The third kappa shape index (κ3) is 2.07. The summed E-state index contributed by atoms with van der Waals surface area (Å²) in [7, 11) is 0. The van der Waals surface area contributed by atoms with Gasteiger partial charge in [0.15, 0.2) is 5.71 Å². The third-order valence-electron chi connectivity index (χ3n) is 5.14. The molecule has 1 saturated carbocycles. The first-order valence-corrected chi connectivity index (χ1v) is 7.83.